The third kappa shape index (κ3) is 4.08. The van der Waals surface area contributed by atoms with Crippen molar-refractivity contribution in [2.75, 3.05) is 6.54 Å². The van der Waals surface area contributed by atoms with Gasteiger partial charge in [0.1, 0.15) is 29.2 Å². The average molecular weight is 363 g/mol. The minimum Gasteiger partial charge on any atom is -0.488 e. The fourth-order valence-corrected chi connectivity index (χ4v) is 3.01. The summed E-state index contributed by atoms with van der Waals surface area (Å²) >= 11 is 0. The van der Waals surface area contributed by atoms with Gasteiger partial charge in [0, 0.05) is 17.5 Å². The van der Waals surface area contributed by atoms with Crippen LogP contribution < -0.4 is 14.8 Å². The van der Waals surface area contributed by atoms with E-state index in [9.17, 15) is 9.18 Å². The molecule has 0 saturated heterocycles. The monoisotopic (exact) mass is 363 g/mol. The first-order chi connectivity index (χ1) is 13.2. The van der Waals surface area contributed by atoms with Crippen molar-refractivity contribution in [2.24, 2.45) is 0 Å². The highest BCUT2D eigenvalue weighted by atomic mass is 19.1. The molecule has 1 aliphatic rings. The first-order valence-electron chi connectivity index (χ1n) is 8.73. The van der Waals surface area contributed by atoms with Crippen LogP contribution in [0.2, 0.25) is 0 Å². The van der Waals surface area contributed by atoms with E-state index in [1.165, 1.54) is 24.3 Å². The first-order valence-corrected chi connectivity index (χ1v) is 8.73. The van der Waals surface area contributed by atoms with E-state index < -0.39 is 0 Å². The molecule has 1 amide bonds. The van der Waals surface area contributed by atoms with Crippen molar-refractivity contribution in [3.8, 4) is 17.2 Å². The molecule has 4 nitrogen and oxygen atoms in total. The molecule has 3 aromatic carbocycles. The number of hydrogen-bond donors (Lipinski definition) is 1. The molecule has 0 saturated carbocycles. The van der Waals surface area contributed by atoms with Crippen LogP contribution in [0.3, 0.4) is 0 Å². The number of rotatable bonds is 5. The Labute approximate surface area is 156 Å². The van der Waals surface area contributed by atoms with Crippen molar-refractivity contribution in [3.63, 3.8) is 0 Å². The highest BCUT2D eigenvalue weighted by Crippen LogP contribution is 2.33. The summed E-state index contributed by atoms with van der Waals surface area (Å²) < 4.78 is 24.7. The van der Waals surface area contributed by atoms with Crippen molar-refractivity contribution in [3.05, 3.63) is 89.7 Å². The quantitative estimate of drug-likeness (QED) is 0.733. The number of carbonyl (C=O) groups is 1. The van der Waals surface area contributed by atoms with Crippen LogP contribution in [0.15, 0.2) is 72.8 Å². The SMILES string of the molecule is O=C(NCC1Cc2cc(Oc3ccccc3)ccc2O1)c1ccc(F)cc1. The molecule has 5 heteroatoms. The lowest BCUT2D eigenvalue weighted by Crippen LogP contribution is -2.34. The van der Waals surface area contributed by atoms with Gasteiger partial charge in [0.05, 0.1) is 6.54 Å². The summed E-state index contributed by atoms with van der Waals surface area (Å²) in [5.74, 6) is 1.72. The van der Waals surface area contributed by atoms with Crippen LogP contribution in [0.1, 0.15) is 15.9 Å². The summed E-state index contributed by atoms with van der Waals surface area (Å²) in [5.41, 5.74) is 1.47. The maximum absolute atomic E-state index is 12.9. The largest absolute Gasteiger partial charge is 0.488 e. The highest BCUT2D eigenvalue weighted by Gasteiger charge is 2.24. The zero-order valence-corrected chi connectivity index (χ0v) is 14.5. The van der Waals surface area contributed by atoms with Gasteiger partial charge in [0.2, 0.25) is 0 Å². The van der Waals surface area contributed by atoms with Crippen LogP contribution in [0.5, 0.6) is 17.2 Å². The van der Waals surface area contributed by atoms with Gasteiger partial charge >= 0.3 is 0 Å². The Bertz CT molecular complexity index is 942. The number of amides is 1. The smallest absolute Gasteiger partial charge is 0.251 e. The standard InChI is InChI=1S/C22H18FNO3/c23-17-8-6-15(7-9-17)22(25)24-14-20-13-16-12-19(10-11-21(16)27-20)26-18-4-2-1-3-5-18/h1-12,20H,13-14H2,(H,24,25). The molecule has 1 atom stereocenters. The molecular weight excluding hydrogens is 345 g/mol. The molecule has 3 aromatic rings. The molecular formula is C22H18FNO3. The van der Waals surface area contributed by atoms with Gasteiger partial charge in [-0.2, -0.15) is 0 Å². The van der Waals surface area contributed by atoms with E-state index in [1.54, 1.807) is 0 Å². The minimum atomic E-state index is -0.366. The second-order valence-corrected chi connectivity index (χ2v) is 6.35. The summed E-state index contributed by atoms with van der Waals surface area (Å²) in [6.45, 7) is 0.375. The summed E-state index contributed by atoms with van der Waals surface area (Å²) in [7, 11) is 0. The van der Waals surface area contributed by atoms with Crippen molar-refractivity contribution in [1.29, 1.82) is 0 Å². The Morgan fingerprint density at radius 2 is 1.81 bits per heavy atom. The predicted octanol–water partition coefficient (Wildman–Crippen LogP) is 4.35. The van der Waals surface area contributed by atoms with Gasteiger partial charge in [0.15, 0.2) is 0 Å². The lowest BCUT2D eigenvalue weighted by Gasteiger charge is -2.12. The number of fused-ring (bicyclic) bond motifs is 1. The van der Waals surface area contributed by atoms with Gasteiger partial charge in [-0.3, -0.25) is 4.79 Å². The number of hydrogen-bond acceptors (Lipinski definition) is 3. The molecule has 0 aliphatic carbocycles. The Balaban J connectivity index is 1.35. The van der Waals surface area contributed by atoms with Crippen LogP contribution in [0.25, 0.3) is 0 Å². The molecule has 1 aliphatic heterocycles. The van der Waals surface area contributed by atoms with Gasteiger partial charge < -0.3 is 14.8 Å². The van der Waals surface area contributed by atoms with E-state index in [0.29, 0.717) is 18.5 Å². The Kier molecular flexibility index (Phi) is 4.75. The number of ether oxygens (including phenoxy) is 2. The molecule has 1 unspecified atom stereocenters. The fourth-order valence-electron chi connectivity index (χ4n) is 3.01. The van der Waals surface area contributed by atoms with E-state index in [0.717, 1.165) is 22.8 Å². The van der Waals surface area contributed by atoms with Gasteiger partial charge in [-0.25, -0.2) is 4.39 Å². The van der Waals surface area contributed by atoms with E-state index in [-0.39, 0.29) is 17.8 Å². The molecule has 1 N–H and O–H groups in total. The summed E-state index contributed by atoms with van der Waals surface area (Å²) in [4.78, 5) is 12.1. The van der Waals surface area contributed by atoms with Crippen LogP contribution >= 0.6 is 0 Å². The second kappa shape index (κ2) is 7.50. The minimum absolute atomic E-state index is 0.142. The Morgan fingerprint density at radius 1 is 1.04 bits per heavy atom. The van der Waals surface area contributed by atoms with Crippen LogP contribution in [-0.2, 0) is 6.42 Å². The lowest BCUT2D eigenvalue weighted by atomic mass is 10.1. The molecule has 4 rings (SSSR count). The van der Waals surface area contributed by atoms with Crippen molar-refractivity contribution in [2.45, 2.75) is 12.5 Å². The van der Waals surface area contributed by atoms with E-state index in [1.807, 2.05) is 48.5 Å². The predicted molar refractivity (Wildman–Crippen MR) is 99.8 cm³/mol. The first kappa shape index (κ1) is 17.1. The number of nitrogens with one attached hydrogen (secondary N) is 1. The Morgan fingerprint density at radius 3 is 2.59 bits per heavy atom. The second-order valence-electron chi connectivity index (χ2n) is 6.35. The van der Waals surface area contributed by atoms with Crippen molar-refractivity contribution < 1.29 is 18.7 Å². The summed E-state index contributed by atoms with van der Waals surface area (Å²) in [6, 6.07) is 20.8. The number of carbonyl (C=O) groups excluding carboxylic acids is 1. The molecule has 136 valence electrons. The van der Waals surface area contributed by atoms with Crippen LogP contribution in [0.4, 0.5) is 4.39 Å². The summed E-state index contributed by atoms with van der Waals surface area (Å²) in [5, 5.41) is 2.83. The third-order valence-electron chi connectivity index (χ3n) is 4.35. The maximum Gasteiger partial charge on any atom is 0.251 e. The van der Waals surface area contributed by atoms with Gasteiger partial charge in [-0.15, -0.1) is 0 Å². The fraction of sp³-hybridized carbons (Fsp3) is 0.136. The molecule has 0 spiro atoms. The molecule has 0 aromatic heterocycles. The van der Waals surface area contributed by atoms with Gasteiger partial charge in [-0.1, -0.05) is 18.2 Å². The van der Waals surface area contributed by atoms with Crippen molar-refractivity contribution in [1.82, 2.24) is 5.32 Å². The molecule has 0 radical (unpaired) electrons. The highest BCUT2D eigenvalue weighted by molar-refractivity contribution is 5.94. The van der Waals surface area contributed by atoms with Gasteiger partial charge in [-0.05, 0) is 54.6 Å². The molecule has 1 heterocycles. The number of benzene rings is 3. The van der Waals surface area contributed by atoms with Gasteiger partial charge in [0.25, 0.3) is 5.91 Å². The molecule has 0 fully saturated rings. The Hall–Kier alpha value is -3.34. The third-order valence-corrected chi connectivity index (χ3v) is 4.35. The maximum atomic E-state index is 12.9. The van der Waals surface area contributed by atoms with Crippen molar-refractivity contribution >= 4 is 5.91 Å². The number of para-hydroxylation sites is 1. The number of halogens is 1. The lowest BCUT2D eigenvalue weighted by molar-refractivity contribution is 0.0933. The molecule has 27 heavy (non-hydrogen) atoms. The topological polar surface area (TPSA) is 47.6 Å². The average Bonchev–Trinajstić information content (AvgIpc) is 3.10. The van der Waals surface area contributed by atoms with Crippen LogP contribution in [0, 0.1) is 5.82 Å². The van der Waals surface area contributed by atoms with Crippen LogP contribution in [-0.4, -0.2) is 18.6 Å². The molecule has 0 bridgehead atoms. The zero-order valence-electron chi connectivity index (χ0n) is 14.5. The van der Waals surface area contributed by atoms with E-state index >= 15 is 0 Å². The van der Waals surface area contributed by atoms with E-state index in [4.69, 9.17) is 9.47 Å². The zero-order chi connectivity index (χ0) is 18.6. The summed E-state index contributed by atoms with van der Waals surface area (Å²) in [6.07, 6.45) is 0.543. The van der Waals surface area contributed by atoms with E-state index in [2.05, 4.69) is 5.32 Å². The normalized spacial score (nSPS) is 14.9.